The molecular weight excluding hydrogens is 1480 g/mol. The smallest absolute Gasteiger partial charge is 0.0541 e. The maximum Gasteiger partial charge on any atom is 0.0541 e. The zero-order valence-corrected chi connectivity index (χ0v) is 67.0. The van der Waals surface area contributed by atoms with Crippen LogP contribution in [0.5, 0.6) is 0 Å². The maximum absolute atomic E-state index is 2.41. The Morgan fingerprint density at radius 1 is 0.131 bits per heavy atom. The largest absolute Gasteiger partial charge is 0.310 e. The molecule has 22 rings (SSSR count). The first kappa shape index (κ1) is 73.4. The lowest BCUT2D eigenvalue weighted by Gasteiger charge is -2.31. The van der Waals surface area contributed by atoms with Gasteiger partial charge in [0, 0.05) is 101 Å². The Morgan fingerprint density at radius 2 is 0.434 bits per heavy atom. The van der Waals surface area contributed by atoms with Crippen molar-refractivity contribution >= 4 is 133 Å². The summed E-state index contributed by atoms with van der Waals surface area (Å²) in [6.45, 7) is 0. The van der Waals surface area contributed by atoms with E-state index in [1.54, 1.807) is 0 Å². The third kappa shape index (κ3) is 14.3. The van der Waals surface area contributed by atoms with Gasteiger partial charge in [-0.25, -0.2) is 0 Å². The molecule has 2 aromatic heterocycles. The number of anilines is 12. The molecule has 0 N–H and O–H groups in total. The number of para-hydroxylation sites is 10. The standard InChI is InChI=1S/C62H43N3.C54H39N3/c1-4-21-51(22-5-1)63(54-37-35-44-17-10-11-19-48(44)39-54)55-40-50(41-56(43-55)64(52-23-6-2-7-24-52)60-30-16-20-47-18-12-13-27-57(47)60)46-33-31-45(32-34-46)49-36-38-62-59(42-49)58-28-14-15-29-61(58)65(62)53-25-8-3-9-26-53;1-6-21-44(22-7-1)55(45-23-8-2-9-24-45)49-36-43(37-50(39-49)56(46-25-10-3-11-26-46)47-27-12-4-13-28-47)41-20-18-19-40(35-41)42-33-34-54-52(38-42)51-31-16-17-32-53(51)57(54)48-29-14-5-15-30-48/h1-43H;1-39H. The molecule has 2 heterocycles. The predicted molar refractivity (Wildman–Crippen MR) is 517 cm³/mol. The minimum Gasteiger partial charge on any atom is -0.310 e. The zero-order chi connectivity index (χ0) is 81.1. The predicted octanol–water partition coefficient (Wildman–Crippen LogP) is 32.4. The van der Waals surface area contributed by atoms with Gasteiger partial charge in [0.05, 0.1) is 27.8 Å². The molecular formula is C116H82N6. The summed E-state index contributed by atoms with van der Waals surface area (Å²) in [6, 6.07) is 179. The normalized spacial score (nSPS) is 11.3. The summed E-state index contributed by atoms with van der Waals surface area (Å²) < 4.78 is 4.74. The molecule has 0 fully saturated rings. The van der Waals surface area contributed by atoms with Crippen LogP contribution in [0, 0.1) is 0 Å². The van der Waals surface area contributed by atoms with Crippen molar-refractivity contribution in [2.45, 2.75) is 0 Å². The fourth-order valence-electron chi connectivity index (χ4n) is 17.7. The monoisotopic (exact) mass is 1560 g/mol. The summed E-state index contributed by atoms with van der Waals surface area (Å²) in [6.07, 6.45) is 0. The van der Waals surface area contributed by atoms with E-state index in [0.29, 0.717) is 0 Å². The SMILES string of the molecule is c1ccc(N(c2cc(-c3ccc(-c4ccc5c(c4)c4ccccc4n5-c4ccccc4)cc3)cc(N(c3ccccc3)c3cccc4ccccc34)c2)c2ccc3ccccc3c2)cc1.c1ccc(N(c2ccccc2)c2cc(-c3cccc(-c4ccc5c(c4)c4ccccc4n5-c4ccccc4)c3)cc(N(c3ccccc3)c3ccccc3)c2)cc1. The van der Waals surface area contributed by atoms with E-state index >= 15 is 0 Å². The van der Waals surface area contributed by atoms with Crippen molar-refractivity contribution in [2.24, 2.45) is 0 Å². The van der Waals surface area contributed by atoms with Gasteiger partial charge in [0.25, 0.3) is 0 Å². The van der Waals surface area contributed by atoms with Gasteiger partial charge in [-0.1, -0.05) is 303 Å². The van der Waals surface area contributed by atoms with E-state index in [1.807, 2.05) is 0 Å². The van der Waals surface area contributed by atoms with Crippen molar-refractivity contribution in [2.75, 3.05) is 19.6 Å². The third-order valence-corrected chi connectivity index (χ3v) is 23.4. The molecule has 0 unspecified atom stereocenters. The van der Waals surface area contributed by atoms with Crippen LogP contribution < -0.4 is 19.6 Å². The Hall–Kier alpha value is -16.3. The summed E-state index contributed by atoms with van der Waals surface area (Å²) in [5.74, 6) is 0. The highest BCUT2D eigenvalue weighted by Gasteiger charge is 2.25. The molecule has 0 bridgehead atoms. The molecule has 576 valence electrons. The average molecular weight is 1560 g/mol. The molecule has 0 radical (unpaired) electrons. The van der Waals surface area contributed by atoms with E-state index in [9.17, 15) is 0 Å². The van der Waals surface area contributed by atoms with Crippen molar-refractivity contribution < 1.29 is 0 Å². The number of hydrogen-bond acceptors (Lipinski definition) is 4. The number of rotatable bonds is 18. The second-order valence-electron chi connectivity index (χ2n) is 30.9. The fourth-order valence-corrected chi connectivity index (χ4v) is 17.7. The molecule has 22 aromatic rings. The van der Waals surface area contributed by atoms with Crippen LogP contribution in [0.15, 0.2) is 497 Å². The van der Waals surface area contributed by atoms with E-state index in [-0.39, 0.29) is 0 Å². The number of fused-ring (bicyclic) bond motifs is 8. The van der Waals surface area contributed by atoms with Gasteiger partial charge in [-0.05, 0) is 255 Å². The van der Waals surface area contributed by atoms with Crippen LogP contribution in [0.1, 0.15) is 0 Å². The number of hydrogen-bond donors (Lipinski definition) is 0. The summed E-state index contributed by atoms with van der Waals surface area (Å²) in [5, 5.41) is 9.77. The molecule has 0 atom stereocenters. The Morgan fingerprint density at radius 3 is 0.893 bits per heavy atom. The van der Waals surface area contributed by atoms with Gasteiger partial charge in [0.15, 0.2) is 0 Å². The highest BCUT2D eigenvalue weighted by Crippen LogP contribution is 2.49. The van der Waals surface area contributed by atoms with Crippen LogP contribution in [-0.2, 0) is 0 Å². The fraction of sp³-hybridized carbons (Fsp3) is 0. The van der Waals surface area contributed by atoms with Gasteiger partial charge in [0.1, 0.15) is 0 Å². The van der Waals surface area contributed by atoms with Gasteiger partial charge < -0.3 is 28.7 Å². The molecule has 20 aromatic carbocycles. The Bertz CT molecular complexity index is 7300. The van der Waals surface area contributed by atoms with Crippen LogP contribution in [0.2, 0.25) is 0 Å². The molecule has 0 aliphatic heterocycles. The molecule has 0 saturated heterocycles. The van der Waals surface area contributed by atoms with E-state index in [2.05, 4.69) is 526 Å². The van der Waals surface area contributed by atoms with Crippen molar-refractivity contribution in [3.8, 4) is 55.9 Å². The topological polar surface area (TPSA) is 22.8 Å². The van der Waals surface area contributed by atoms with E-state index in [1.165, 1.54) is 87.4 Å². The van der Waals surface area contributed by atoms with Gasteiger partial charge in [-0.3, -0.25) is 0 Å². The summed E-state index contributed by atoms with van der Waals surface area (Å²) >= 11 is 0. The Balaban J connectivity index is 0.000000152. The molecule has 0 saturated carbocycles. The van der Waals surface area contributed by atoms with Crippen LogP contribution in [0.4, 0.5) is 68.2 Å². The van der Waals surface area contributed by atoms with Gasteiger partial charge in [-0.2, -0.15) is 0 Å². The molecule has 0 spiro atoms. The summed E-state index contributed by atoms with van der Waals surface area (Å²) in [5.41, 5.74) is 29.4. The first-order valence-electron chi connectivity index (χ1n) is 41.7. The van der Waals surface area contributed by atoms with Crippen LogP contribution >= 0.6 is 0 Å². The molecule has 0 amide bonds. The second kappa shape index (κ2) is 32.7. The number of aromatic nitrogens is 2. The van der Waals surface area contributed by atoms with Crippen LogP contribution in [0.3, 0.4) is 0 Å². The minimum absolute atomic E-state index is 1.06. The Labute approximate surface area is 710 Å². The summed E-state index contributed by atoms with van der Waals surface area (Å²) in [7, 11) is 0. The van der Waals surface area contributed by atoms with Crippen molar-refractivity contribution in [1.29, 1.82) is 0 Å². The van der Waals surface area contributed by atoms with E-state index in [4.69, 9.17) is 0 Å². The quantitative estimate of drug-likeness (QED) is 0.0854. The van der Waals surface area contributed by atoms with Gasteiger partial charge >= 0.3 is 0 Å². The van der Waals surface area contributed by atoms with Crippen LogP contribution in [0.25, 0.3) is 121 Å². The molecule has 122 heavy (non-hydrogen) atoms. The van der Waals surface area contributed by atoms with Crippen molar-refractivity contribution in [3.05, 3.63) is 497 Å². The first-order chi connectivity index (χ1) is 60.5. The third-order valence-electron chi connectivity index (χ3n) is 23.4. The Kier molecular flexibility index (Phi) is 19.6. The summed E-state index contributed by atoms with van der Waals surface area (Å²) in [4.78, 5) is 9.50. The second-order valence-corrected chi connectivity index (χ2v) is 30.9. The highest BCUT2D eigenvalue weighted by atomic mass is 15.2. The highest BCUT2D eigenvalue weighted by molar-refractivity contribution is 6.12. The average Bonchev–Trinajstić information content (AvgIpc) is 1.65. The zero-order valence-electron chi connectivity index (χ0n) is 67.0. The van der Waals surface area contributed by atoms with Crippen molar-refractivity contribution in [3.63, 3.8) is 0 Å². The molecule has 0 aliphatic carbocycles. The first-order valence-corrected chi connectivity index (χ1v) is 41.7. The minimum atomic E-state index is 1.06. The van der Waals surface area contributed by atoms with Crippen LogP contribution in [-0.4, -0.2) is 9.13 Å². The number of benzene rings is 20. The van der Waals surface area contributed by atoms with E-state index < -0.39 is 0 Å². The van der Waals surface area contributed by atoms with Crippen molar-refractivity contribution in [1.82, 2.24) is 9.13 Å². The maximum atomic E-state index is 2.41. The molecule has 0 aliphatic rings. The lowest BCUT2D eigenvalue weighted by atomic mass is 9.96. The molecule has 6 heteroatoms. The lowest BCUT2D eigenvalue weighted by Crippen LogP contribution is -2.14. The lowest BCUT2D eigenvalue weighted by molar-refractivity contribution is 1.18. The van der Waals surface area contributed by atoms with E-state index in [0.717, 1.165) is 102 Å². The number of nitrogens with zero attached hydrogens (tertiary/aromatic N) is 6. The van der Waals surface area contributed by atoms with Gasteiger partial charge in [0.2, 0.25) is 0 Å². The van der Waals surface area contributed by atoms with Gasteiger partial charge in [-0.15, -0.1) is 0 Å². The molecule has 6 nitrogen and oxygen atoms in total.